The molecule has 0 saturated carbocycles. The number of carbonyl (C=O) groups is 3. The molecule has 0 unspecified atom stereocenters. The summed E-state index contributed by atoms with van der Waals surface area (Å²) < 4.78 is 16.6. The average molecular weight is 559 g/mol. The summed E-state index contributed by atoms with van der Waals surface area (Å²) in [6.07, 6.45) is 6.48. The van der Waals surface area contributed by atoms with Crippen LogP contribution in [-0.2, 0) is 25.7 Å². The number of fused-ring (bicyclic) bond motifs is 2. The molecule has 0 spiro atoms. The maximum atomic E-state index is 14.1. The molecule has 2 aromatic rings. The molecule has 2 amide bonds. The first-order valence-corrected chi connectivity index (χ1v) is 14.9. The van der Waals surface area contributed by atoms with Gasteiger partial charge in [-0.25, -0.2) is 0 Å². The number of hydrogen-bond acceptors (Lipinski definition) is 6. The summed E-state index contributed by atoms with van der Waals surface area (Å²) in [5.74, 6) is 0.750. The number of benzene rings is 2. The number of piperidine rings is 2. The molecule has 2 saturated heterocycles. The van der Waals surface area contributed by atoms with Gasteiger partial charge in [0.2, 0.25) is 18.6 Å². The second kappa shape index (κ2) is 11.6. The van der Waals surface area contributed by atoms with Crippen LogP contribution >= 0.6 is 0 Å². The highest BCUT2D eigenvalue weighted by atomic mass is 16.7. The van der Waals surface area contributed by atoms with Crippen molar-refractivity contribution < 1.29 is 28.6 Å². The molecule has 2 aromatic carbocycles. The molecule has 8 nitrogen and oxygen atoms in total. The number of ether oxygens (including phenoxy) is 3. The number of esters is 1. The predicted octanol–water partition coefficient (Wildman–Crippen LogP) is 5.18. The van der Waals surface area contributed by atoms with Crippen LogP contribution in [-0.4, -0.2) is 54.1 Å². The number of amides is 2. The third-order valence-electron chi connectivity index (χ3n) is 9.12. The van der Waals surface area contributed by atoms with Gasteiger partial charge in [0, 0.05) is 31.1 Å². The summed E-state index contributed by atoms with van der Waals surface area (Å²) >= 11 is 0. The van der Waals surface area contributed by atoms with Gasteiger partial charge in [0.1, 0.15) is 5.41 Å². The van der Waals surface area contributed by atoms with Crippen molar-refractivity contribution in [3.63, 3.8) is 0 Å². The Labute approximate surface area is 241 Å². The summed E-state index contributed by atoms with van der Waals surface area (Å²) in [7, 11) is 0. The molecule has 0 aromatic heterocycles. The molecule has 4 aliphatic rings. The van der Waals surface area contributed by atoms with Gasteiger partial charge in [-0.3, -0.25) is 14.4 Å². The Hall–Kier alpha value is -3.81. The SMILES string of the molecule is CCOC(=O)[C@]12CCCC=C1N(Cc1ccc3c(c1)OCO3)C(=O)[C@H](CC(=O)N1CCC(c3ccccc3)CC1)C2. The van der Waals surface area contributed by atoms with E-state index in [-0.39, 0.29) is 44.1 Å². The van der Waals surface area contributed by atoms with Crippen molar-refractivity contribution in [3.8, 4) is 11.5 Å². The molecule has 2 fully saturated rings. The van der Waals surface area contributed by atoms with Gasteiger partial charge in [-0.2, -0.15) is 0 Å². The van der Waals surface area contributed by atoms with E-state index in [4.69, 9.17) is 14.2 Å². The van der Waals surface area contributed by atoms with Crippen LogP contribution in [0.25, 0.3) is 0 Å². The summed E-state index contributed by atoms with van der Waals surface area (Å²) in [6, 6.07) is 16.1. The Balaban J connectivity index is 1.23. The van der Waals surface area contributed by atoms with Crippen molar-refractivity contribution in [2.24, 2.45) is 11.3 Å². The van der Waals surface area contributed by atoms with E-state index < -0.39 is 11.3 Å². The number of rotatable bonds is 7. The molecule has 3 heterocycles. The van der Waals surface area contributed by atoms with Crippen LogP contribution in [0.2, 0.25) is 0 Å². The van der Waals surface area contributed by atoms with E-state index in [2.05, 4.69) is 24.3 Å². The quantitative estimate of drug-likeness (QED) is 0.436. The van der Waals surface area contributed by atoms with Gasteiger partial charge in [0.25, 0.3) is 0 Å². The van der Waals surface area contributed by atoms with E-state index >= 15 is 0 Å². The Morgan fingerprint density at radius 1 is 1.05 bits per heavy atom. The molecule has 216 valence electrons. The van der Waals surface area contributed by atoms with Crippen molar-refractivity contribution in [2.75, 3.05) is 26.5 Å². The van der Waals surface area contributed by atoms with Crippen LogP contribution in [0.4, 0.5) is 0 Å². The summed E-state index contributed by atoms with van der Waals surface area (Å²) in [5, 5.41) is 0. The van der Waals surface area contributed by atoms with E-state index in [1.807, 2.05) is 35.2 Å². The zero-order valence-electron chi connectivity index (χ0n) is 23.7. The van der Waals surface area contributed by atoms with Gasteiger partial charge in [0.15, 0.2) is 11.5 Å². The average Bonchev–Trinajstić information content (AvgIpc) is 3.48. The normalized spacial score (nSPS) is 24.1. The van der Waals surface area contributed by atoms with E-state index in [1.54, 1.807) is 11.8 Å². The minimum atomic E-state index is -0.927. The molecular formula is C33H38N2O6. The van der Waals surface area contributed by atoms with E-state index in [1.165, 1.54) is 5.56 Å². The van der Waals surface area contributed by atoms with Crippen LogP contribution in [0.15, 0.2) is 60.3 Å². The highest BCUT2D eigenvalue weighted by molar-refractivity contribution is 5.92. The maximum Gasteiger partial charge on any atom is 0.318 e. The van der Waals surface area contributed by atoms with Crippen LogP contribution in [0.5, 0.6) is 11.5 Å². The minimum absolute atomic E-state index is 0.0138. The second-order valence-electron chi connectivity index (χ2n) is 11.6. The summed E-state index contributed by atoms with van der Waals surface area (Å²) in [6.45, 7) is 3.88. The van der Waals surface area contributed by atoms with Crippen molar-refractivity contribution >= 4 is 17.8 Å². The first kappa shape index (κ1) is 27.4. The number of nitrogens with zero attached hydrogens (tertiary/aromatic N) is 2. The first-order chi connectivity index (χ1) is 20.0. The maximum absolute atomic E-state index is 14.1. The Morgan fingerprint density at radius 3 is 2.61 bits per heavy atom. The van der Waals surface area contributed by atoms with Gasteiger partial charge < -0.3 is 24.0 Å². The van der Waals surface area contributed by atoms with Crippen LogP contribution in [0.3, 0.4) is 0 Å². The number of carbonyl (C=O) groups excluding carboxylic acids is 3. The van der Waals surface area contributed by atoms with Gasteiger partial charge >= 0.3 is 5.97 Å². The van der Waals surface area contributed by atoms with Gasteiger partial charge in [-0.15, -0.1) is 0 Å². The standard InChI is InChI=1S/C33H38N2O6/c1-2-39-32(38)33-15-7-6-10-29(33)35(21-23-11-12-27-28(18-23)41-22-40-27)31(37)26(20-33)19-30(36)34-16-13-25(14-17-34)24-8-4-3-5-9-24/h3-5,8-12,18,25-26H,2,6-7,13-17,19-22H2,1H3/t26-,33+/m1/s1. The first-order valence-electron chi connectivity index (χ1n) is 14.9. The molecule has 3 aliphatic heterocycles. The molecule has 6 rings (SSSR count). The third-order valence-corrected chi connectivity index (χ3v) is 9.12. The summed E-state index contributed by atoms with van der Waals surface area (Å²) in [4.78, 5) is 44.9. The predicted molar refractivity (Wildman–Crippen MR) is 152 cm³/mol. The van der Waals surface area contributed by atoms with Crippen molar-refractivity contribution in [1.82, 2.24) is 9.80 Å². The Bertz CT molecular complexity index is 1330. The topological polar surface area (TPSA) is 85.4 Å². The molecule has 1 aliphatic carbocycles. The van der Waals surface area contributed by atoms with E-state index in [9.17, 15) is 14.4 Å². The Kier molecular flexibility index (Phi) is 7.73. The Morgan fingerprint density at radius 2 is 1.83 bits per heavy atom. The van der Waals surface area contributed by atoms with Gasteiger partial charge in [-0.05, 0) is 74.6 Å². The smallest absolute Gasteiger partial charge is 0.318 e. The fourth-order valence-electron chi connectivity index (χ4n) is 7.02. The number of likely N-dealkylation sites (tertiary alicyclic amines) is 2. The molecule has 0 bridgehead atoms. The number of hydrogen-bond donors (Lipinski definition) is 0. The molecule has 2 atom stereocenters. The zero-order chi connectivity index (χ0) is 28.4. The molecule has 41 heavy (non-hydrogen) atoms. The zero-order valence-corrected chi connectivity index (χ0v) is 23.7. The minimum Gasteiger partial charge on any atom is -0.465 e. The van der Waals surface area contributed by atoms with E-state index in [0.29, 0.717) is 43.3 Å². The van der Waals surface area contributed by atoms with Gasteiger partial charge in [-0.1, -0.05) is 42.5 Å². The van der Waals surface area contributed by atoms with Crippen LogP contribution < -0.4 is 9.47 Å². The monoisotopic (exact) mass is 558 g/mol. The van der Waals surface area contributed by atoms with Gasteiger partial charge in [0.05, 0.1) is 13.2 Å². The third kappa shape index (κ3) is 5.32. The fourth-order valence-corrected chi connectivity index (χ4v) is 7.02. The largest absolute Gasteiger partial charge is 0.465 e. The highest BCUT2D eigenvalue weighted by Gasteiger charge is 2.54. The summed E-state index contributed by atoms with van der Waals surface area (Å²) in [5.41, 5.74) is 1.98. The van der Waals surface area contributed by atoms with Crippen LogP contribution in [0.1, 0.15) is 68.9 Å². The van der Waals surface area contributed by atoms with Crippen LogP contribution in [0, 0.1) is 11.3 Å². The number of allylic oxidation sites excluding steroid dienone is 1. The molecule has 0 N–H and O–H groups in total. The lowest BCUT2D eigenvalue weighted by atomic mass is 9.66. The van der Waals surface area contributed by atoms with Crippen molar-refractivity contribution in [1.29, 1.82) is 0 Å². The molecular weight excluding hydrogens is 520 g/mol. The fraction of sp³-hybridized carbons (Fsp3) is 0.485. The second-order valence-corrected chi connectivity index (χ2v) is 11.6. The molecule has 0 radical (unpaired) electrons. The van der Waals surface area contributed by atoms with Crippen molar-refractivity contribution in [2.45, 2.75) is 64.3 Å². The molecule has 8 heteroatoms. The lowest BCUT2D eigenvalue weighted by Gasteiger charge is -2.48. The highest BCUT2D eigenvalue weighted by Crippen LogP contribution is 2.51. The van der Waals surface area contributed by atoms with E-state index in [0.717, 1.165) is 36.9 Å². The van der Waals surface area contributed by atoms with Crippen molar-refractivity contribution in [3.05, 3.63) is 71.4 Å². The lowest BCUT2D eigenvalue weighted by Crippen LogP contribution is -2.54. The lowest BCUT2D eigenvalue weighted by molar-refractivity contribution is -0.163.